The normalized spacial score (nSPS) is 11.5. The van der Waals surface area contributed by atoms with Gasteiger partial charge in [-0.3, -0.25) is 4.79 Å². The highest BCUT2D eigenvalue weighted by Crippen LogP contribution is 2.22. The van der Waals surface area contributed by atoms with Crippen LogP contribution in [0.4, 0.5) is 0 Å². The molecule has 0 aliphatic carbocycles. The van der Waals surface area contributed by atoms with E-state index in [4.69, 9.17) is 9.47 Å². The largest absolute Gasteiger partial charge is 0.442 e. The first-order chi connectivity index (χ1) is 12.5. The Labute approximate surface area is 152 Å². The predicted octanol–water partition coefficient (Wildman–Crippen LogP) is 4.15. The van der Waals surface area contributed by atoms with Gasteiger partial charge in [-0.2, -0.15) is 0 Å². The molecule has 5 nitrogen and oxygen atoms in total. The Morgan fingerprint density at radius 1 is 0.962 bits per heavy atom. The molecule has 0 bridgehead atoms. The van der Waals surface area contributed by atoms with Crippen LogP contribution in [0.25, 0.3) is 0 Å². The van der Waals surface area contributed by atoms with Crippen LogP contribution < -0.4 is 0 Å². The summed E-state index contributed by atoms with van der Waals surface area (Å²) in [6.45, 7) is 3.71. The minimum absolute atomic E-state index is 0.148. The van der Waals surface area contributed by atoms with Crippen LogP contribution in [0.1, 0.15) is 53.8 Å². The van der Waals surface area contributed by atoms with Gasteiger partial charge in [-0.15, -0.1) is 0 Å². The second kappa shape index (κ2) is 9.51. The number of hydrogen-bond donors (Lipinski definition) is 0. The summed E-state index contributed by atoms with van der Waals surface area (Å²) in [5, 5.41) is 0. The van der Waals surface area contributed by atoms with Crippen molar-refractivity contribution in [2.45, 2.75) is 39.2 Å². The molecule has 26 heavy (non-hydrogen) atoms. The van der Waals surface area contributed by atoms with Crippen molar-refractivity contribution in [3.63, 3.8) is 0 Å². The standard InChI is InChI=1S/C21H22O5/c1-3-4-14-18(22)25-21(24)19(16-11-6-5-7-12-16)26-20(23)17-13-9-8-10-15(17)2/h5-13,19H,3-4,14H2,1-2H3. The van der Waals surface area contributed by atoms with E-state index in [9.17, 15) is 14.4 Å². The summed E-state index contributed by atoms with van der Waals surface area (Å²) >= 11 is 0. The molecule has 0 aliphatic rings. The second-order valence-corrected chi connectivity index (χ2v) is 5.91. The Kier molecular flexibility index (Phi) is 7.09. The predicted molar refractivity (Wildman–Crippen MR) is 96.4 cm³/mol. The summed E-state index contributed by atoms with van der Waals surface area (Å²) in [5.41, 5.74) is 1.54. The summed E-state index contributed by atoms with van der Waals surface area (Å²) in [6.07, 6.45) is 0.294. The topological polar surface area (TPSA) is 69.7 Å². The van der Waals surface area contributed by atoms with Gasteiger partial charge in [0.05, 0.1) is 5.56 Å². The second-order valence-electron chi connectivity index (χ2n) is 5.91. The molecule has 5 heteroatoms. The first kappa shape index (κ1) is 19.4. The molecule has 0 heterocycles. The zero-order chi connectivity index (χ0) is 18.9. The molecule has 136 valence electrons. The molecule has 0 spiro atoms. The number of esters is 3. The van der Waals surface area contributed by atoms with Gasteiger partial charge in [-0.1, -0.05) is 61.9 Å². The van der Waals surface area contributed by atoms with Crippen molar-refractivity contribution in [3.05, 3.63) is 71.3 Å². The number of carbonyl (C=O) groups is 3. The van der Waals surface area contributed by atoms with Gasteiger partial charge in [0.1, 0.15) is 0 Å². The van der Waals surface area contributed by atoms with Gasteiger partial charge >= 0.3 is 17.9 Å². The molecular formula is C21H22O5. The van der Waals surface area contributed by atoms with E-state index in [-0.39, 0.29) is 6.42 Å². The molecule has 2 aromatic carbocycles. The van der Waals surface area contributed by atoms with E-state index in [1.165, 1.54) is 0 Å². The number of unbranched alkanes of at least 4 members (excludes halogenated alkanes) is 1. The van der Waals surface area contributed by atoms with Crippen LogP contribution in [0.5, 0.6) is 0 Å². The third-order valence-corrected chi connectivity index (χ3v) is 3.86. The molecule has 0 aromatic heterocycles. The Hall–Kier alpha value is -2.95. The van der Waals surface area contributed by atoms with Gasteiger partial charge in [-0.25, -0.2) is 9.59 Å². The van der Waals surface area contributed by atoms with Crippen molar-refractivity contribution in [1.29, 1.82) is 0 Å². The summed E-state index contributed by atoms with van der Waals surface area (Å²) in [4.78, 5) is 36.7. The van der Waals surface area contributed by atoms with Gasteiger partial charge in [0.2, 0.25) is 6.10 Å². The van der Waals surface area contributed by atoms with Crippen LogP contribution in [0.2, 0.25) is 0 Å². The molecule has 0 radical (unpaired) electrons. The average Bonchev–Trinajstić information content (AvgIpc) is 2.65. The lowest BCUT2D eigenvalue weighted by Gasteiger charge is -2.17. The third kappa shape index (κ3) is 5.28. The molecule has 0 fully saturated rings. The molecule has 0 aliphatic heterocycles. The fraction of sp³-hybridized carbons (Fsp3) is 0.286. The van der Waals surface area contributed by atoms with E-state index in [1.807, 2.05) is 6.92 Å². The zero-order valence-corrected chi connectivity index (χ0v) is 14.9. The lowest BCUT2D eigenvalue weighted by molar-refractivity contribution is -0.166. The van der Waals surface area contributed by atoms with E-state index in [0.29, 0.717) is 17.5 Å². The van der Waals surface area contributed by atoms with Crippen molar-refractivity contribution in [1.82, 2.24) is 0 Å². The molecule has 0 saturated carbocycles. The van der Waals surface area contributed by atoms with Crippen LogP contribution in [-0.2, 0) is 19.1 Å². The number of carbonyl (C=O) groups excluding carboxylic acids is 3. The van der Waals surface area contributed by atoms with Gasteiger partial charge in [0.15, 0.2) is 0 Å². The molecular weight excluding hydrogens is 332 g/mol. The minimum atomic E-state index is -1.30. The van der Waals surface area contributed by atoms with Crippen LogP contribution >= 0.6 is 0 Å². The van der Waals surface area contributed by atoms with Crippen LogP contribution in [0, 0.1) is 6.92 Å². The monoisotopic (exact) mass is 354 g/mol. The van der Waals surface area contributed by atoms with Crippen molar-refractivity contribution in [2.24, 2.45) is 0 Å². The Morgan fingerprint density at radius 2 is 1.62 bits per heavy atom. The summed E-state index contributed by atoms with van der Waals surface area (Å²) < 4.78 is 10.3. The number of ether oxygens (including phenoxy) is 2. The molecule has 1 atom stereocenters. The van der Waals surface area contributed by atoms with Gasteiger partial charge in [0, 0.05) is 12.0 Å². The first-order valence-electron chi connectivity index (χ1n) is 8.59. The van der Waals surface area contributed by atoms with Crippen LogP contribution in [0.3, 0.4) is 0 Å². The van der Waals surface area contributed by atoms with Crippen molar-refractivity contribution in [2.75, 3.05) is 0 Å². The summed E-state index contributed by atoms with van der Waals surface area (Å²) in [5.74, 6) is -2.15. The molecule has 2 rings (SSSR count). The maximum Gasteiger partial charge on any atom is 0.359 e. The summed E-state index contributed by atoms with van der Waals surface area (Å²) in [7, 11) is 0. The van der Waals surface area contributed by atoms with Crippen molar-refractivity contribution < 1.29 is 23.9 Å². The molecule has 2 aromatic rings. The quantitative estimate of drug-likeness (QED) is 0.552. The SMILES string of the molecule is CCCCC(=O)OC(=O)C(OC(=O)c1ccccc1C)c1ccccc1. The maximum absolute atomic E-state index is 12.5. The zero-order valence-electron chi connectivity index (χ0n) is 14.9. The van der Waals surface area contributed by atoms with Gasteiger partial charge < -0.3 is 9.47 Å². The Balaban J connectivity index is 2.19. The van der Waals surface area contributed by atoms with Crippen LogP contribution in [-0.4, -0.2) is 17.9 Å². The molecule has 0 N–H and O–H groups in total. The van der Waals surface area contributed by atoms with Crippen molar-refractivity contribution in [3.8, 4) is 0 Å². The number of aryl methyl sites for hydroxylation is 1. The van der Waals surface area contributed by atoms with E-state index >= 15 is 0 Å². The molecule has 1 unspecified atom stereocenters. The van der Waals surface area contributed by atoms with Gasteiger partial charge in [-0.05, 0) is 25.0 Å². The highest BCUT2D eigenvalue weighted by Gasteiger charge is 2.29. The highest BCUT2D eigenvalue weighted by molar-refractivity contribution is 5.94. The van der Waals surface area contributed by atoms with E-state index < -0.39 is 24.0 Å². The molecule has 0 saturated heterocycles. The first-order valence-corrected chi connectivity index (χ1v) is 8.59. The highest BCUT2D eigenvalue weighted by atomic mass is 16.6. The van der Waals surface area contributed by atoms with E-state index in [0.717, 1.165) is 12.0 Å². The lowest BCUT2D eigenvalue weighted by Crippen LogP contribution is -2.24. The van der Waals surface area contributed by atoms with E-state index in [1.54, 1.807) is 61.5 Å². The minimum Gasteiger partial charge on any atom is -0.442 e. The fourth-order valence-corrected chi connectivity index (χ4v) is 2.39. The number of hydrogen-bond acceptors (Lipinski definition) is 5. The molecule has 0 amide bonds. The van der Waals surface area contributed by atoms with Crippen LogP contribution in [0.15, 0.2) is 54.6 Å². The number of benzene rings is 2. The third-order valence-electron chi connectivity index (χ3n) is 3.86. The average molecular weight is 354 g/mol. The number of rotatable bonds is 7. The van der Waals surface area contributed by atoms with Gasteiger partial charge in [0.25, 0.3) is 0 Å². The summed E-state index contributed by atoms with van der Waals surface area (Å²) in [6, 6.07) is 15.4. The maximum atomic E-state index is 12.5. The van der Waals surface area contributed by atoms with E-state index in [2.05, 4.69) is 0 Å². The smallest absolute Gasteiger partial charge is 0.359 e. The fourth-order valence-electron chi connectivity index (χ4n) is 2.39. The Bertz CT molecular complexity index is 767. The Morgan fingerprint density at radius 3 is 2.27 bits per heavy atom. The lowest BCUT2D eigenvalue weighted by atomic mass is 10.1. The van der Waals surface area contributed by atoms with Crippen molar-refractivity contribution >= 4 is 17.9 Å².